The summed E-state index contributed by atoms with van der Waals surface area (Å²) in [6.07, 6.45) is -2.16. The highest BCUT2D eigenvalue weighted by atomic mass is 35.7. The van der Waals surface area contributed by atoms with Crippen LogP contribution in [0.1, 0.15) is 0 Å². The molecule has 0 amide bonds. The van der Waals surface area contributed by atoms with E-state index in [1.54, 1.807) is 0 Å². The van der Waals surface area contributed by atoms with Crippen LogP contribution in [0.5, 0.6) is 0 Å². The quantitative estimate of drug-likeness (QED) is 0.491. The van der Waals surface area contributed by atoms with Gasteiger partial charge in [-0.25, -0.2) is 0 Å². The van der Waals surface area contributed by atoms with Crippen molar-refractivity contribution in [2.75, 3.05) is 13.3 Å². The molecular formula is C2H6Cl2NO2PS. The third-order valence-corrected chi connectivity index (χ3v) is 3.74. The third kappa shape index (κ3) is 8.76. The van der Waals surface area contributed by atoms with Gasteiger partial charge in [0.15, 0.2) is 0 Å². The lowest BCUT2D eigenvalue weighted by atomic mass is 11.9. The summed E-state index contributed by atoms with van der Waals surface area (Å²) in [6, 6.07) is 0. The van der Waals surface area contributed by atoms with Gasteiger partial charge in [0.25, 0.3) is 0 Å². The molecule has 0 radical (unpaired) electrons. The second-order valence-corrected chi connectivity index (χ2v) is 9.41. The van der Waals surface area contributed by atoms with Crippen LogP contribution in [0.4, 0.5) is 0 Å². The zero-order valence-electron chi connectivity index (χ0n) is 4.88. The van der Waals surface area contributed by atoms with Crippen molar-refractivity contribution in [1.82, 2.24) is 0 Å². The fourth-order valence-corrected chi connectivity index (χ4v) is 4.49. The molecular weight excluding hydrogens is 204 g/mol. The Kier molecular flexibility index (Phi) is 3.02. The van der Waals surface area contributed by atoms with Crippen molar-refractivity contribution in [3.8, 4) is 0 Å². The topological polar surface area (TPSA) is 46.5 Å². The van der Waals surface area contributed by atoms with E-state index in [-0.39, 0.29) is 0 Å². The van der Waals surface area contributed by atoms with Crippen LogP contribution in [0.25, 0.3) is 0 Å². The summed E-state index contributed by atoms with van der Waals surface area (Å²) in [7, 11) is 1.000. The molecule has 3 nitrogen and oxygen atoms in total. The number of hydrogen-bond acceptors (Lipinski definition) is 2. The predicted molar refractivity (Wildman–Crippen MR) is 41.8 cm³/mol. The van der Waals surface area contributed by atoms with Crippen LogP contribution < -0.4 is 0 Å². The molecule has 0 unspecified atom stereocenters. The zero-order chi connectivity index (χ0) is 7.71. The first kappa shape index (κ1) is 9.76. The molecule has 0 spiro atoms. The SMILES string of the molecule is CP(C)(Cl)=NS(=O)(=O)Cl. The molecule has 0 saturated heterocycles. The maximum absolute atomic E-state index is 10.2. The van der Waals surface area contributed by atoms with Crippen LogP contribution in [0.2, 0.25) is 0 Å². The Morgan fingerprint density at radius 2 is 1.78 bits per heavy atom. The highest BCUT2D eigenvalue weighted by Gasteiger charge is 2.06. The van der Waals surface area contributed by atoms with Crippen molar-refractivity contribution >= 4 is 37.6 Å². The van der Waals surface area contributed by atoms with Crippen LogP contribution in [0.15, 0.2) is 4.15 Å². The lowest BCUT2D eigenvalue weighted by Gasteiger charge is -1.97. The zero-order valence-corrected chi connectivity index (χ0v) is 8.10. The fourth-order valence-electron chi connectivity index (χ4n) is 0.232. The molecule has 0 saturated carbocycles. The van der Waals surface area contributed by atoms with Crippen LogP contribution in [0.3, 0.4) is 0 Å². The maximum atomic E-state index is 10.2. The Hall–Kier alpha value is 0.760. The van der Waals surface area contributed by atoms with E-state index in [1.807, 2.05) is 0 Å². The molecule has 0 aliphatic rings. The normalized spacial score (nSPS) is 13.3. The molecule has 0 rings (SSSR count). The van der Waals surface area contributed by atoms with E-state index >= 15 is 0 Å². The highest BCUT2D eigenvalue weighted by molar-refractivity contribution is 8.16. The minimum absolute atomic E-state index is 1.54. The molecule has 0 bridgehead atoms. The Labute approximate surface area is 63.8 Å². The number of rotatable bonds is 1. The number of halogens is 2. The molecule has 0 atom stereocenters. The van der Waals surface area contributed by atoms with Crippen molar-refractivity contribution in [3.05, 3.63) is 0 Å². The fraction of sp³-hybridized carbons (Fsp3) is 1.00. The van der Waals surface area contributed by atoms with Crippen LogP contribution in [-0.4, -0.2) is 21.7 Å². The van der Waals surface area contributed by atoms with Crippen molar-refractivity contribution in [2.45, 2.75) is 0 Å². The van der Waals surface area contributed by atoms with Crippen LogP contribution in [-0.2, 0) is 9.24 Å². The average Bonchev–Trinajstić information content (AvgIpc) is 1.14. The van der Waals surface area contributed by atoms with Crippen molar-refractivity contribution in [3.63, 3.8) is 0 Å². The smallest absolute Gasteiger partial charge is 0.187 e. The molecule has 56 valence electrons. The summed E-state index contributed by atoms with van der Waals surface area (Å²) < 4.78 is 23.5. The minimum Gasteiger partial charge on any atom is -0.187 e. The largest absolute Gasteiger partial charge is 0.339 e. The second-order valence-electron chi connectivity index (χ2n) is 1.75. The second kappa shape index (κ2) is 2.79. The number of nitrogens with zero attached hydrogens (tertiary/aromatic N) is 1. The van der Waals surface area contributed by atoms with Gasteiger partial charge in [-0.05, 0) is 13.3 Å². The maximum Gasteiger partial charge on any atom is 0.339 e. The van der Waals surface area contributed by atoms with Crippen LogP contribution >= 0.6 is 28.3 Å². The van der Waals surface area contributed by atoms with E-state index in [2.05, 4.69) is 4.15 Å². The lowest BCUT2D eigenvalue weighted by Crippen LogP contribution is -1.78. The first-order valence-electron chi connectivity index (χ1n) is 1.93. The van der Waals surface area contributed by atoms with Gasteiger partial charge in [0.1, 0.15) is 0 Å². The Bertz CT molecular complexity index is 231. The van der Waals surface area contributed by atoms with Gasteiger partial charge in [0.05, 0.1) is 6.41 Å². The van der Waals surface area contributed by atoms with Gasteiger partial charge >= 0.3 is 9.24 Å². The van der Waals surface area contributed by atoms with Gasteiger partial charge < -0.3 is 0 Å². The lowest BCUT2D eigenvalue weighted by molar-refractivity contribution is 0.612. The van der Waals surface area contributed by atoms with Gasteiger partial charge in [0.2, 0.25) is 0 Å². The predicted octanol–water partition coefficient (Wildman–Crippen LogP) is 2.08. The average molecular weight is 210 g/mol. The third-order valence-electron chi connectivity index (χ3n) is 0.292. The van der Waals surface area contributed by atoms with Gasteiger partial charge in [0, 0.05) is 10.7 Å². The van der Waals surface area contributed by atoms with Crippen molar-refractivity contribution in [1.29, 1.82) is 0 Å². The molecule has 0 fully saturated rings. The molecule has 0 aromatic heterocycles. The van der Waals surface area contributed by atoms with E-state index in [0.29, 0.717) is 0 Å². The Balaban J connectivity index is 4.76. The van der Waals surface area contributed by atoms with Gasteiger partial charge in [-0.15, -0.1) is 0 Å². The first-order valence-corrected chi connectivity index (χ1v) is 7.74. The summed E-state index contributed by atoms with van der Waals surface area (Å²) in [4.78, 5) is 0. The summed E-state index contributed by atoms with van der Waals surface area (Å²) in [5.74, 6) is 0. The molecule has 0 aromatic rings. The van der Waals surface area contributed by atoms with Crippen molar-refractivity contribution < 1.29 is 8.42 Å². The van der Waals surface area contributed by atoms with E-state index < -0.39 is 15.6 Å². The van der Waals surface area contributed by atoms with Gasteiger partial charge in [-0.1, -0.05) is 11.2 Å². The molecule has 0 heterocycles. The Morgan fingerprint density at radius 1 is 1.44 bits per heavy atom. The standard InChI is InChI=1S/C2H6Cl2NO2PS/c1-8(2,3)5-9(4,6)7/h1-2H3. The summed E-state index contributed by atoms with van der Waals surface area (Å²) >= 11 is 5.50. The van der Waals surface area contributed by atoms with E-state index in [0.717, 1.165) is 0 Å². The van der Waals surface area contributed by atoms with E-state index in [4.69, 9.17) is 21.9 Å². The molecule has 0 N–H and O–H groups in total. The van der Waals surface area contributed by atoms with Gasteiger partial charge in [-0.2, -0.15) is 12.6 Å². The van der Waals surface area contributed by atoms with E-state index in [9.17, 15) is 8.42 Å². The molecule has 0 aliphatic heterocycles. The van der Waals surface area contributed by atoms with Crippen molar-refractivity contribution in [2.24, 2.45) is 4.15 Å². The Morgan fingerprint density at radius 3 is 1.78 bits per heavy atom. The minimum atomic E-state index is -3.77. The molecule has 0 aromatic carbocycles. The van der Waals surface area contributed by atoms with Crippen LogP contribution in [0, 0.1) is 0 Å². The monoisotopic (exact) mass is 209 g/mol. The highest BCUT2D eigenvalue weighted by Crippen LogP contribution is 2.48. The summed E-state index contributed by atoms with van der Waals surface area (Å²) in [5.41, 5.74) is 0. The van der Waals surface area contributed by atoms with E-state index in [1.165, 1.54) is 13.3 Å². The first-order chi connectivity index (χ1) is 3.71. The summed E-state index contributed by atoms with van der Waals surface area (Å²) in [5, 5.41) is 0. The molecule has 7 heteroatoms. The molecule has 9 heavy (non-hydrogen) atoms. The number of hydrogen-bond donors (Lipinski definition) is 0. The van der Waals surface area contributed by atoms with Gasteiger partial charge in [-0.3, -0.25) is 0 Å². The summed E-state index contributed by atoms with van der Waals surface area (Å²) in [6.45, 7) is 3.07. The molecule has 0 aliphatic carbocycles.